The molecule has 0 fully saturated rings. The summed E-state index contributed by atoms with van der Waals surface area (Å²) in [5.74, 6) is -2.62. The second-order valence-electron chi connectivity index (χ2n) is 7.35. The van der Waals surface area contributed by atoms with Crippen molar-refractivity contribution in [3.63, 3.8) is 0 Å². The Balaban J connectivity index is 1.66. The number of carbonyl (C=O) groups excluding carboxylic acids is 2. The molecule has 0 bridgehead atoms. The van der Waals surface area contributed by atoms with Gasteiger partial charge in [-0.05, 0) is 36.8 Å². The zero-order valence-corrected chi connectivity index (χ0v) is 17.7. The maximum absolute atomic E-state index is 14.5. The van der Waals surface area contributed by atoms with Gasteiger partial charge in [0.05, 0.1) is 5.69 Å². The van der Waals surface area contributed by atoms with Crippen LogP contribution in [0.2, 0.25) is 0 Å². The van der Waals surface area contributed by atoms with Crippen molar-refractivity contribution in [2.24, 2.45) is 0 Å². The lowest BCUT2D eigenvalue weighted by atomic mass is 10.0. The van der Waals surface area contributed by atoms with Gasteiger partial charge in [0.1, 0.15) is 5.82 Å². The third-order valence-corrected chi connectivity index (χ3v) is 5.08. The molecule has 3 aromatic rings. The van der Waals surface area contributed by atoms with Crippen molar-refractivity contribution >= 4 is 11.7 Å². The standard InChI is InChI=1S/C24H22F3N3O2/c1-3-23(32)30(2)14-18-5-4-16(12-19(18)25)20-9-6-17(13-28-20)21(31)10-7-15-8-11-22(26)29-24(15)27/h4-6,8-9,11-13H,3,7,10,14H2,1-2H3. The molecule has 5 nitrogen and oxygen atoms in total. The third-order valence-electron chi connectivity index (χ3n) is 5.08. The fourth-order valence-corrected chi connectivity index (χ4v) is 3.20. The minimum absolute atomic E-state index is 0.0125. The van der Waals surface area contributed by atoms with E-state index >= 15 is 0 Å². The molecule has 0 aliphatic carbocycles. The van der Waals surface area contributed by atoms with Gasteiger partial charge in [0.15, 0.2) is 5.78 Å². The van der Waals surface area contributed by atoms with Crippen molar-refractivity contribution in [3.05, 3.63) is 83.1 Å². The van der Waals surface area contributed by atoms with E-state index in [2.05, 4.69) is 9.97 Å². The number of benzene rings is 1. The molecule has 2 heterocycles. The molecule has 0 saturated heterocycles. The fourth-order valence-electron chi connectivity index (χ4n) is 3.20. The van der Waals surface area contributed by atoms with E-state index in [1.807, 2.05) is 0 Å². The smallest absolute Gasteiger partial charge is 0.222 e. The lowest BCUT2D eigenvalue weighted by Crippen LogP contribution is -2.25. The normalized spacial score (nSPS) is 10.8. The molecule has 3 rings (SSSR count). The monoisotopic (exact) mass is 441 g/mol. The van der Waals surface area contributed by atoms with E-state index in [4.69, 9.17) is 0 Å². The van der Waals surface area contributed by atoms with Crippen LogP contribution in [0.4, 0.5) is 13.2 Å². The van der Waals surface area contributed by atoms with Gasteiger partial charge in [0.25, 0.3) is 0 Å². The average Bonchev–Trinajstić information content (AvgIpc) is 2.79. The number of hydrogen-bond donors (Lipinski definition) is 0. The molecule has 32 heavy (non-hydrogen) atoms. The molecule has 0 atom stereocenters. The van der Waals surface area contributed by atoms with Crippen LogP contribution in [0.1, 0.15) is 41.3 Å². The lowest BCUT2D eigenvalue weighted by Gasteiger charge is -2.17. The predicted molar refractivity (Wildman–Crippen MR) is 113 cm³/mol. The maximum Gasteiger partial charge on any atom is 0.222 e. The first-order valence-corrected chi connectivity index (χ1v) is 10.1. The number of ketones is 1. The number of pyridine rings is 2. The SMILES string of the molecule is CCC(=O)N(C)Cc1ccc(-c2ccc(C(=O)CCc3ccc(F)nc3F)cn2)cc1F. The zero-order valence-electron chi connectivity index (χ0n) is 17.7. The van der Waals surface area contributed by atoms with Gasteiger partial charge in [0.2, 0.25) is 17.8 Å². The van der Waals surface area contributed by atoms with Crippen LogP contribution in [0.15, 0.2) is 48.7 Å². The predicted octanol–water partition coefficient (Wildman–Crippen LogP) is 4.74. The molecule has 0 radical (unpaired) electrons. The number of nitrogens with zero attached hydrogens (tertiary/aromatic N) is 3. The summed E-state index contributed by atoms with van der Waals surface area (Å²) in [7, 11) is 1.62. The van der Waals surface area contributed by atoms with Crippen molar-refractivity contribution < 1.29 is 22.8 Å². The Labute approximate surface area is 183 Å². The van der Waals surface area contributed by atoms with Crippen LogP contribution in [0, 0.1) is 17.7 Å². The van der Waals surface area contributed by atoms with Crippen LogP contribution >= 0.6 is 0 Å². The highest BCUT2D eigenvalue weighted by Gasteiger charge is 2.13. The van der Waals surface area contributed by atoms with Crippen molar-refractivity contribution in [1.29, 1.82) is 0 Å². The van der Waals surface area contributed by atoms with E-state index in [-0.39, 0.29) is 36.6 Å². The summed E-state index contributed by atoms with van der Waals surface area (Å²) in [6, 6.07) is 10.1. The van der Waals surface area contributed by atoms with Gasteiger partial charge in [-0.15, -0.1) is 0 Å². The topological polar surface area (TPSA) is 63.2 Å². The van der Waals surface area contributed by atoms with Crippen LogP contribution < -0.4 is 0 Å². The number of carbonyl (C=O) groups is 2. The van der Waals surface area contributed by atoms with Gasteiger partial charge < -0.3 is 4.90 Å². The van der Waals surface area contributed by atoms with E-state index in [0.717, 1.165) is 6.07 Å². The summed E-state index contributed by atoms with van der Waals surface area (Å²) in [5, 5.41) is 0. The largest absolute Gasteiger partial charge is 0.341 e. The van der Waals surface area contributed by atoms with Crippen LogP contribution in [0.5, 0.6) is 0 Å². The highest BCUT2D eigenvalue weighted by molar-refractivity contribution is 5.96. The first-order valence-electron chi connectivity index (χ1n) is 10.1. The zero-order chi connectivity index (χ0) is 23.3. The molecule has 0 aliphatic rings. The van der Waals surface area contributed by atoms with Gasteiger partial charge in [-0.1, -0.05) is 19.1 Å². The van der Waals surface area contributed by atoms with Crippen molar-refractivity contribution in [1.82, 2.24) is 14.9 Å². The van der Waals surface area contributed by atoms with E-state index in [9.17, 15) is 22.8 Å². The molecule has 0 aliphatic heterocycles. The number of halogens is 3. The molecule has 166 valence electrons. The van der Waals surface area contributed by atoms with Gasteiger partial charge in [0, 0.05) is 54.9 Å². The number of rotatable bonds is 8. The Morgan fingerprint density at radius 1 is 1.00 bits per heavy atom. The lowest BCUT2D eigenvalue weighted by molar-refractivity contribution is -0.130. The molecule has 0 unspecified atom stereocenters. The number of aryl methyl sites for hydroxylation is 1. The molecule has 0 spiro atoms. The quantitative estimate of drug-likeness (QED) is 0.374. The summed E-state index contributed by atoms with van der Waals surface area (Å²) < 4.78 is 41.0. The van der Waals surface area contributed by atoms with E-state index < -0.39 is 17.7 Å². The third kappa shape index (κ3) is 5.57. The Morgan fingerprint density at radius 3 is 2.38 bits per heavy atom. The van der Waals surface area contributed by atoms with Crippen molar-refractivity contribution in [3.8, 4) is 11.3 Å². The van der Waals surface area contributed by atoms with Crippen LogP contribution in [-0.2, 0) is 17.8 Å². The molecule has 1 amide bonds. The highest BCUT2D eigenvalue weighted by atomic mass is 19.1. The maximum atomic E-state index is 14.5. The van der Waals surface area contributed by atoms with E-state index in [0.29, 0.717) is 28.8 Å². The van der Waals surface area contributed by atoms with Crippen molar-refractivity contribution in [2.75, 3.05) is 7.05 Å². The Hall–Kier alpha value is -3.55. The number of Topliss-reactive ketones (excluding diaryl/α,β-unsaturated/α-hetero) is 1. The van der Waals surface area contributed by atoms with Crippen LogP contribution in [0.3, 0.4) is 0 Å². The fraction of sp³-hybridized carbons (Fsp3) is 0.250. The summed E-state index contributed by atoms with van der Waals surface area (Å²) >= 11 is 0. The van der Waals surface area contributed by atoms with Crippen LogP contribution in [0.25, 0.3) is 11.3 Å². The summed E-state index contributed by atoms with van der Waals surface area (Å²) in [4.78, 5) is 32.9. The summed E-state index contributed by atoms with van der Waals surface area (Å²) in [6.07, 6.45) is 1.83. The molecule has 0 saturated carbocycles. The Bertz CT molecular complexity index is 1130. The molecule has 0 N–H and O–H groups in total. The second-order valence-corrected chi connectivity index (χ2v) is 7.35. The Kier molecular flexibility index (Phi) is 7.35. The van der Waals surface area contributed by atoms with Gasteiger partial charge in [-0.25, -0.2) is 4.39 Å². The van der Waals surface area contributed by atoms with Gasteiger partial charge >= 0.3 is 0 Å². The van der Waals surface area contributed by atoms with Crippen LogP contribution in [-0.4, -0.2) is 33.6 Å². The summed E-state index contributed by atoms with van der Waals surface area (Å²) in [6.45, 7) is 1.92. The molecule has 1 aromatic carbocycles. The minimum atomic E-state index is -0.929. The molecular formula is C24H22F3N3O2. The number of aromatic nitrogens is 2. The molecular weight excluding hydrogens is 419 g/mol. The average molecular weight is 441 g/mol. The van der Waals surface area contributed by atoms with Gasteiger partial charge in [-0.3, -0.25) is 14.6 Å². The molecule has 2 aromatic heterocycles. The molecule has 8 heteroatoms. The second kappa shape index (κ2) is 10.2. The van der Waals surface area contributed by atoms with E-state index in [1.165, 1.54) is 23.2 Å². The van der Waals surface area contributed by atoms with Gasteiger partial charge in [-0.2, -0.15) is 13.8 Å². The number of hydrogen-bond acceptors (Lipinski definition) is 4. The van der Waals surface area contributed by atoms with Crippen molar-refractivity contribution in [2.45, 2.75) is 32.7 Å². The highest BCUT2D eigenvalue weighted by Crippen LogP contribution is 2.22. The Morgan fingerprint density at radius 2 is 1.75 bits per heavy atom. The summed E-state index contributed by atoms with van der Waals surface area (Å²) in [5.41, 5.74) is 1.91. The first kappa shape index (κ1) is 23.1. The first-order chi connectivity index (χ1) is 15.3. The van der Waals surface area contributed by atoms with E-state index in [1.54, 1.807) is 38.2 Å². The number of amides is 1. The minimum Gasteiger partial charge on any atom is -0.341 e.